The molecular weight excluding hydrogens is 663 g/mol. The van der Waals surface area contributed by atoms with E-state index in [0.29, 0.717) is 22.4 Å². The molecule has 48 heavy (non-hydrogen) atoms. The molecule has 4 aromatic carbocycles. The zero-order valence-corrected chi connectivity index (χ0v) is 28.3. The number of anilines is 1. The van der Waals surface area contributed by atoms with Crippen molar-refractivity contribution >= 4 is 39.1 Å². The quantitative estimate of drug-likeness (QED) is 0.157. The van der Waals surface area contributed by atoms with E-state index in [-0.39, 0.29) is 23.9 Å². The Hall–Kier alpha value is -4.35. The highest BCUT2D eigenvalue weighted by molar-refractivity contribution is 7.92. The average Bonchev–Trinajstić information content (AvgIpc) is 3.06. The first-order chi connectivity index (χ1) is 22.7. The van der Waals surface area contributed by atoms with E-state index in [2.05, 4.69) is 5.32 Å². The van der Waals surface area contributed by atoms with E-state index in [9.17, 15) is 31.2 Å². The molecule has 4 aromatic rings. The second kappa shape index (κ2) is 15.7. The molecule has 0 aliphatic rings. The van der Waals surface area contributed by atoms with Gasteiger partial charge in [0, 0.05) is 19.0 Å². The Morgan fingerprint density at radius 1 is 0.875 bits per heavy atom. The Kier molecular flexibility index (Phi) is 11.9. The lowest BCUT2D eigenvalue weighted by Gasteiger charge is -2.34. The van der Waals surface area contributed by atoms with Crippen LogP contribution < -0.4 is 9.62 Å². The topological polar surface area (TPSA) is 86.8 Å². The van der Waals surface area contributed by atoms with E-state index in [0.717, 1.165) is 23.3 Å². The molecule has 4 rings (SSSR count). The summed E-state index contributed by atoms with van der Waals surface area (Å²) in [5, 5.41) is 2.32. The molecule has 0 aliphatic heterocycles. The van der Waals surface area contributed by atoms with Crippen molar-refractivity contribution in [2.24, 2.45) is 0 Å². The average molecular weight is 700 g/mol. The summed E-state index contributed by atoms with van der Waals surface area (Å²) in [6.45, 7) is 4.52. The van der Waals surface area contributed by atoms with E-state index >= 15 is 0 Å². The minimum absolute atomic E-state index is 0.0715. The van der Waals surface area contributed by atoms with Gasteiger partial charge in [-0.3, -0.25) is 13.9 Å². The number of amides is 2. The fourth-order valence-corrected chi connectivity index (χ4v) is 6.66. The molecule has 2 amide bonds. The minimum atomic E-state index is -4.90. The maximum atomic E-state index is 14.5. The van der Waals surface area contributed by atoms with Gasteiger partial charge in [0.25, 0.3) is 10.0 Å². The summed E-state index contributed by atoms with van der Waals surface area (Å²) in [6, 6.07) is 25.0. The van der Waals surface area contributed by atoms with Gasteiger partial charge in [0.05, 0.1) is 21.2 Å². The van der Waals surface area contributed by atoms with Crippen molar-refractivity contribution in [1.82, 2.24) is 10.2 Å². The number of alkyl halides is 3. The number of sulfonamides is 1. The molecule has 0 saturated heterocycles. The van der Waals surface area contributed by atoms with Gasteiger partial charge in [0.1, 0.15) is 12.6 Å². The number of aryl methyl sites for hydroxylation is 1. The van der Waals surface area contributed by atoms with Gasteiger partial charge in [-0.1, -0.05) is 96.9 Å². The number of hydrogen-bond acceptors (Lipinski definition) is 4. The second-order valence-electron chi connectivity index (χ2n) is 11.5. The highest BCUT2D eigenvalue weighted by Crippen LogP contribution is 2.38. The highest BCUT2D eigenvalue weighted by atomic mass is 35.5. The van der Waals surface area contributed by atoms with E-state index in [1.54, 1.807) is 61.5 Å². The summed E-state index contributed by atoms with van der Waals surface area (Å²) in [5.74, 6) is -1.24. The van der Waals surface area contributed by atoms with E-state index in [1.165, 1.54) is 17.0 Å². The van der Waals surface area contributed by atoms with E-state index in [4.69, 9.17) is 11.6 Å². The predicted molar refractivity (Wildman–Crippen MR) is 181 cm³/mol. The first-order valence-electron chi connectivity index (χ1n) is 15.3. The third-order valence-corrected chi connectivity index (χ3v) is 10.0. The van der Waals surface area contributed by atoms with Crippen LogP contribution in [0.3, 0.4) is 0 Å². The molecule has 0 radical (unpaired) electrons. The Morgan fingerprint density at radius 2 is 1.46 bits per heavy atom. The number of nitrogens with one attached hydrogen (secondary N) is 1. The van der Waals surface area contributed by atoms with Crippen molar-refractivity contribution < 1.29 is 31.2 Å². The molecule has 7 nitrogen and oxygen atoms in total. The first kappa shape index (κ1) is 36.5. The molecule has 0 aromatic heterocycles. The Bertz CT molecular complexity index is 1810. The molecule has 0 bridgehead atoms. The third-order valence-electron chi connectivity index (χ3n) is 7.90. The second-order valence-corrected chi connectivity index (χ2v) is 13.8. The van der Waals surface area contributed by atoms with Crippen LogP contribution in [0.15, 0.2) is 108 Å². The van der Waals surface area contributed by atoms with Crippen molar-refractivity contribution in [1.29, 1.82) is 0 Å². The molecule has 1 N–H and O–H groups in total. The summed E-state index contributed by atoms with van der Waals surface area (Å²) in [4.78, 5) is 29.4. The molecule has 12 heteroatoms. The predicted octanol–water partition coefficient (Wildman–Crippen LogP) is 7.42. The molecule has 254 valence electrons. The van der Waals surface area contributed by atoms with Crippen LogP contribution in [0.1, 0.15) is 42.5 Å². The number of carbonyl (C=O) groups excluding carboxylic acids is 2. The Labute approximate surface area is 284 Å². The number of rotatable bonds is 13. The normalized spacial score (nSPS) is 13.0. The van der Waals surface area contributed by atoms with Crippen LogP contribution in [-0.2, 0) is 38.8 Å². The van der Waals surface area contributed by atoms with Crippen LogP contribution in [0.5, 0.6) is 0 Å². The van der Waals surface area contributed by atoms with Crippen LogP contribution in [0.4, 0.5) is 18.9 Å². The zero-order valence-electron chi connectivity index (χ0n) is 26.7. The summed E-state index contributed by atoms with van der Waals surface area (Å²) in [6.07, 6.45) is -4.17. The zero-order chi connectivity index (χ0) is 35.1. The van der Waals surface area contributed by atoms with Crippen LogP contribution in [0.2, 0.25) is 5.02 Å². The minimum Gasteiger partial charge on any atom is -0.352 e. The lowest BCUT2D eigenvalue weighted by Crippen LogP contribution is -2.54. The summed E-state index contributed by atoms with van der Waals surface area (Å²) < 4.78 is 70.8. The number of nitrogens with zero attached hydrogens (tertiary/aromatic N) is 2. The summed E-state index contributed by atoms with van der Waals surface area (Å²) in [5.41, 5.74) is 0.508. The van der Waals surface area contributed by atoms with Gasteiger partial charge in [-0.15, -0.1) is 0 Å². The van der Waals surface area contributed by atoms with Crippen molar-refractivity contribution in [3.05, 3.63) is 130 Å². The monoisotopic (exact) mass is 699 g/mol. The van der Waals surface area contributed by atoms with Gasteiger partial charge in [0.15, 0.2) is 0 Å². The van der Waals surface area contributed by atoms with Gasteiger partial charge in [-0.05, 0) is 61.7 Å². The van der Waals surface area contributed by atoms with Gasteiger partial charge in [-0.2, -0.15) is 13.2 Å². The van der Waals surface area contributed by atoms with E-state index in [1.807, 2.05) is 32.0 Å². The molecule has 0 unspecified atom stereocenters. The van der Waals surface area contributed by atoms with Crippen LogP contribution in [0, 0.1) is 6.92 Å². The van der Waals surface area contributed by atoms with Gasteiger partial charge in [-0.25, -0.2) is 8.42 Å². The fourth-order valence-electron chi connectivity index (χ4n) is 5.03. The largest absolute Gasteiger partial charge is 0.417 e. The van der Waals surface area contributed by atoms with Gasteiger partial charge >= 0.3 is 6.18 Å². The van der Waals surface area contributed by atoms with Crippen LogP contribution in [-0.4, -0.2) is 43.8 Å². The molecule has 0 fully saturated rings. The van der Waals surface area contributed by atoms with Crippen molar-refractivity contribution in [3.8, 4) is 0 Å². The van der Waals surface area contributed by atoms with Gasteiger partial charge in [0.2, 0.25) is 11.8 Å². The molecule has 0 aliphatic carbocycles. The number of carbonyl (C=O) groups is 2. The smallest absolute Gasteiger partial charge is 0.352 e. The van der Waals surface area contributed by atoms with Crippen LogP contribution >= 0.6 is 11.6 Å². The van der Waals surface area contributed by atoms with Crippen LogP contribution in [0.25, 0.3) is 0 Å². The maximum absolute atomic E-state index is 14.5. The molecule has 0 saturated carbocycles. The molecule has 0 heterocycles. The van der Waals surface area contributed by atoms with Crippen molar-refractivity contribution in [3.63, 3.8) is 0 Å². The third kappa shape index (κ3) is 9.17. The molecule has 2 atom stereocenters. The number of benzene rings is 4. The fraction of sp³-hybridized carbons (Fsp3) is 0.278. The maximum Gasteiger partial charge on any atom is 0.417 e. The summed E-state index contributed by atoms with van der Waals surface area (Å²) >= 11 is 5.88. The highest BCUT2D eigenvalue weighted by Gasteiger charge is 2.37. The number of hydrogen-bond donors (Lipinski definition) is 1. The lowest BCUT2D eigenvalue weighted by atomic mass is 10.0. The number of halogens is 4. The molecular formula is C36H37ClF3N3O4S. The standard InChI is InChI=1S/C36H37ClF3N3O4S/c1-4-26(3)41-35(45)33(21-27-11-7-5-8-12-27)42(23-28-13-9-6-10-14-28)34(44)24-43(48(46,47)30-18-15-25(2)16-19-30)29-17-20-32(37)31(22-29)36(38,39)40/h5-20,22,26,33H,4,21,23-24H2,1-3H3,(H,41,45)/t26-,33+/m0/s1. The van der Waals surface area contributed by atoms with Crippen molar-refractivity contribution in [2.45, 2.75) is 63.3 Å². The Balaban J connectivity index is 1.86. The van der Waals surface area contributed by atoms with E-state index < -0.39 is 56.9 Å². The van der Waals surface area contributed by atoms with Crippen molar-refractivity contribution in [2.75, 3.05) is 10.8 Å². The van der Waals surface area contributed by atoms with Gasteiger partial charge < -0.3 is 10.2 Å². The lowest BCUT2D eigenvalue weighted by molar-refractivity contribution is -0.140. The first-order valence-corrected chi connectivity index (χ1v) is 17.2. The molecule has 0 spiro atoms. The SMILES string of the molecule is CC[C@H](C)NC(=O)[C@@H](Cc1ccccc1)N(Cc1ccccc1)C(=O)CN(c1ccc(Cl)c(C(F)(F)F)c1)S(=O)(=O)c1ccc(C)cc1. The Morgan fingerprint density at radius 3 is 2.02 bits per heavy atom. The summed E-state index contributed by atoms with van der Waals surface area (Å²) in [7, 11) is -4.60.